The van der Waals surface area contributed by atoms with Gasteiger partial charge in [-0.05, 0) is 59.2 Å². The maximum atomic E-state index is 14.8. The number of urea groups is 1. The minimum Gasteiger partial charge on any atom is -0.372 e. The number of halogens is 1. The maximum Gasteiger partial charge on any atom is 0.321 e. The number of nitrogens with one attached hydrogen (secondary N) is 1. The third-order valence-corrected chi connectivity index (χ3v) is 5.69. The molecular weight excluding hydrogens is 371 g/mol. The zero-order valence-corrected chi connectivity index (χ0v) is 18.4. The van der Waals surface area contributed by atoms with Gasteiger partial charge in [-0.1, -0.05) is 0 Å². The number of carbonyl (C=O) groups excluding carboxylic acids is 1. The van der Waals surface area contributed by atoms with Crippen molar-refractivity contribution in [2.75, 3.05) is 49.5 Å². The van der Waals surface area contributed by atoms with Crippen LogP contribution in [0, 0.1) is 5.82 Å². The van der Waals surface area contributed by atoms with Gasteiger partial charge in [0.25, 0.3) is 0 Å². The molecule has 2 unspecified atom stereocenters. The van der Waals surface area contributed by atoms with Crippen LogP contribution in [-0.2, 0) is 4.74 Å². The summed E-state index contributed by atoms with van der Waals surface area (Å²) in [6.45, 7) is 15.1. The van der Waals surface area contributed by atoms with Gasteiger partial charge in [-0.2, -0.15) is 0 Å². The Morgan fingerprint density at radius 2 is 1.79 bits per heavy atom. The van der Waals surface area contributed by atoms with Crippen molar-refractivity contribution in [2.45, 2.75) is 58.8 Å². The van der Waals surface area contributed by atoms with Crippen LogP contribution in [0.4, 0.5) is 20.6 Å². The first-order chi connectivity index (χ1) is 13.6. The molecule has 0 aliphatic carbocycles. The number of hydrogen-bond acceptors (Lipinski definition) is 4. The number of amides is 2. The summed E-state index contributed by atoms with van der Waals surface area (Å²) in [6, 6.07) is 4.78. The zero-order valence-electron chi connectivity index (χ0n) is 18.4. The molecule has 1 N–H and O–H groups in total. The van der Waals surface area contributed by atoms with Gasteiger partial charge in [0.1, 0.15) is 5.82 Å². The van der Waals surface area contributed by atoms with Gasteiger partial charge in [0.05, 0.1) is 17.9 Å². The van der Waals surface area contributed by atoms with Gasteiger partial charge in [-0.3, -0.25) is 4.90 Å². The number of morpholine rings is 1. The molecule has 2 heterocycles. The smallest absolute Gasteiger partial charge is 0.321 e. The van der Waals surface area contributed by atoms with Crippen molar-refractivity contribution < 1.29 is 13.9 Å². The van der Waals surface area contributed by atoms with E-state index in [-0.39, 0.29) is 29.6 Å². The summed E-state index contributed by atoms with van der Waals surface area (Å²) in [6.07, 6.45) is 1.06. The standard InChI is InChI=1S/C22H35FN4O2/c1-16-14-26(15-17(2)29-16)20-8-7-18(13-19(20)23)24-21(28)25-9-6-10-27(12-11-25)22(3,4)5/h7-8,13,16-17H,6,9-12,14-15H2,1-5H3,(H,24,28). The Kier molecular flexibility index (Phi) is 6.69. The Morgan fingerprint density at radius 3 is 2.41 bits per heavy atom. The molecule has 2 saturated heterocycles. The van der Waals surface area contributed by atoms with Crippen LogP contribution in [0.25, 0.3) is 0 Å². The first kappa shape index (κ1) is 21.8. The number of benzene rings is 1. The SMILES string of the molecule is CC1CN(c2ccc(NC(=O)N3CCCN(C(C)(C)C)CC3)cc2F)CC(C)O1. The molecule has 2 atom stereocenters. The fraction of sp³-hybridized carbons (Fsp3) is 0.682. The summed E-state index contributed by atoms with van der Waals surface area (Å²) >= 11 is 0. The molecule has 1 aromatic carbocycles. The van der Waals surface area contributed by atoms with Gasteiger partial charge in [0, 0.05) is 50.5 Å². The second-order valence-corrected chi connectivity index (χ2v) is 9.26. The Hall–Kier alpha value is -1.86. The number of nitrogens with zero attached hydrogens (tertiary/aromatic N) is 3. The van der Waals surface area contributed by atoms with Crippen LogP contribution in [0.3, 0.4) is 0 Å². The van der Waals surface area contributed by atoms with E-state index in [0.29, 0.717) is 37.6 Å². The van der Waals surface area contributed by atoms with Crippen molar-refractivity contribution in [3.05, 3.63) is 24.0 Å². The zero-order chi connectivity index (χ0) is 21.2. The monoisotopic (exact) mass is 406 g/mol. The Labute approximate surface area is 174 Å². The molecule has 6 nitrogen and oxygen atoms in total. The summed E-state index contributed by atoms with van der Waals surface area (Å²) in [5.41, 5.74) is 1.14. The topological polar surface area (TPSA) is 48.1 Å². The average molecular weight is 407 g/mol. The van der Waals surface area contributed by atoms with Crippen molar-refractivity contribution in [1.29, 1.82) is 0 Å². The van der Waals surface area contributed by atoms with Crippen molar-refractivity contribution >= 4 is 17.4 Å². The van der Waals surface area contributed by atoms with Crippen LogP contribution < -0.4 is 10.2 Å². The van der Waals surface area contributed by atoms with Crippen molar-refractivity contribution in [2.24, 2.45) is 0 Å². The number of rotatable bonds is 2. The second kappa shape index (κ2) is 8.88. The van der Waals surface area contributed by atoms with E-state index in [0.717, 1.165) is 19.5 Å². The number of ether oxygens (including phenoxy) is 1. The van der Waals surface area contributed by atoms with Crippen LogP contribution in [0.2, 0.25) is 0 Å². The van der Waals surface area contributed by atoms with E-state index in [9.17, 15) is 9.18 Å². The summed E-state index contributed by atoms with van der Waals surface area (Å²) < 4.78 is 20.5. The Bertz CT molecular complexity index is 711. The Morgan fingerprint density at radius 1 is 1.10 bits per heavy atom. The van der Waals surface area contributed by atoms with E-state index in [1.165, 1.54) is 6.07 Å². The highest BCUT2D eigenvalue weighted by Crippen LogP contribution is 2.26. The van der Waals surface area contributed by atoms with E-state index in [4.69, 9.17) is 4.74 Å². The molecule has 162 valence electrons. The van der Waals surface area contributed by atoms with E-state index in [1.807, 2.05) is 23.6 Å². The summed E-state index contributed by atoms with van der Waals surface area (Å²) in [7, 11) is 0. The van der Waals surface area contributed by atoms with Crippen LogP contribution in [0.15, 0.2) is 18.2 Å². The van der Waals surface area contributed by atoms with Crippen LogP contribution in [0.5, 0.6) is 0 Å². The molecule has 3 rings (SSSR count). The molecule has 7 heteroatoms. The third kappa shape index (κ3) is 5.60. The number of anilines is 2. The molecule has 2 fully saturated rings. The number of hydrogen-bond donors (Lipinski definition) is 1. The van der Waals surface area contributed by atoms with Gasteiger partial charge < -0.3 is 19.9 Å². The molecule has 0 radical (unpaired) electrons. The van der Waals surface area contributed by atoms with Gasteiger partial charge in [-0.15, -0.1) is 0 Å². The molecule has 1 aromatic rings. The van der Waals surface area contributed by atoms with Crippen molar-refractivity contribution in [3.63, 3.8) is 0 Å². The third-order valence-electron chi connectivity index (χ3n) is 5.69. The molecule has 0 aromatic heterocycles. The van der Waals surface area contributed by atoms with Gasteiger partial charge in [0.15, 0.2) is 0 Å². The molecule has 29 heavy (non-hydrogen) atoms. The first-order valence-corrected chi connectivity index (χ1v) is 10.6. The highest BCUT2D eigenvalue weighted by Gasteiger charge is 2.27. The predicted octanol–water partition coefficient (Wildman–Crippen LogP) is 3.78. The van der Waals surface area contributed by atoms with Crippen molar-refractivity contribution in [3.8, 4) is 0 Å². The summed E-state index contributed by atoms with van der Waals surface area (Å²) in [5, 5.41) is 2.87. The molecule has 2 aliphatic heterocycles. The quantitative estimate of drug-likeness (QED) is 0.812. The van der Waals surface area contributed by atoms with Gasteiger partial charge in [-0.25, -0.2) is 9.18 Å². The molecular formula is C22H35FN4O2. The largest absolute Gasteiger partial charge is 0.372 e. The summed E-state index contributed by atoms with van der Waals surface area (Å²) in [4.78, 5) is 18.9. The highest BCUT2D eigenvalue weighted by atomic mass is 19.1. The fourth-order valence-corrected chi connectivity index (χ4v) is 4.21. The lowest BCUT2D eigenvalue weighted by molar-refractivity contribution is -0.00539. The minimum absolute atomic E-state index is 0.0632. The maximum absolute atomic E-state index is 14.8. The van der Waals surface area contributed by atoms with Crippen LogP contribution in [0.1, 0.15) is 41.0 Å². The average Bonchev–Trinajstić information content (AvgIpc) is 2.87. The highest BCUT2D eigenvalue weighted by molar-refractivity contribution is 5.89. The predicted molar refractivity (Wildman–Crippen MR) is 115 cm³/mol. The fourth-order valence-electron chi connectivity index (χ4n) is 4.21. The van der Waals surface area contributed by atoms with E-state index < -0.39 is 0 Å². The normalized spacial score (nSPS) is 24.3. The van der Waals surface area contributed by atoms with Crippen LogP contribution >= 0.6 is 0 Å². The second-order valence-electron chi connectivity index (χ2n) is 9.26. The Balaban J connectivity index is 1.62. The lowest BCUT2D eigenvalue weighted by Gasteiger charge is -2.37. The molecule has 0 bridgehead atoms. The van der Waals surface area contributed by atoms with E-state index in [1.54, 1.807) is 12.1 Å². The lowest BCUT2D eigenvalue weighted by atomic mass is 10.1. The lowest BCUT2D eigenvalue weighted by Crippen LogP contribution is -2.45. The van der Waals surface area contributed by atoms with E-state index in [2.05, 4.69) is 31.0 Å². The van der Waals surface area contributed by atoms with E-state index >= 15 is 0 Å². The van der Waals surface area contributed by atoms with Gasteiger partial charge in [0.2, 0.25) is 0 Å². The number of carbonyl (C=O) groups is 1. The molecule has 2 aliphatic rings. The molecule has 0 saturated carbocycles. The first-order valence-electron chi connectivity index (χ1n) is 10.6. The van der Waals surface area contributed by atoms with Gasteiger partial charge >= 0.3 is 6.03 Å². The molecule has 2 amide bonds. The molecule has 0 spiro atoms. The summed E-state index contributed by atoms with van der Waals surface area (Å²) in [5.74, 6) is -0.320. The van der Waals surface area contributed by atoms with Crippen molar-refractivity contribution in [1.82, 2.24) is 9.80 Å². The van der Waals surface area contributed by atoms with Crippen LogP contribution in [-0.4, -0.2) is 72.8 Å². The minimum atomic E-state index is -0.320.